The summed E-state index contributed by atoms with van der Waals surface area (Å²) < 4.78 is 0. The number of nitrogens with zero attached hydrogens (tertiary/aromatic N) is 1. The number of anilines is 1. The van der Waals surface area contributed by atoms with Crippen LogP contribution in [-0.2, 0) is 4.79 Å². The van der Waals surface area contributed by atoms with E-state index in [2.05, 4.69) is 15.5 Å². The Morgan fingerprint density at radius 2 is 2.00 bits per heavy atom. The van der Waals surface area contributed by atoms with Gasteiger partial charge in [0, 0.05) is 25.2 Å². The number of hydrogen-bond donors (Lipinski definition) is 2. The molecule has 2 N–H and O–H groups in total. The standard InChI is InChI=1S/C17H24ClN3O.ClH/c18-14-6-2-3-7-15(14)20-16(22)12-21-11-10-19-13-17(21)8-4-1-5-9-17;/h2-3,6-7,19H,1,4-5,8-13H2,(H,20,22);1H. The van der Waals surface area contributed by atoms with Gasteiger partial charge in [-0.15, -0.1) is 12.4 Å². The van der Waals surface area contributed by atoms with Gasteiger partial charge in [-0.2, -0.15) is 0 Å². The molecule has 1 heterocycles. The maximum absolute atomic E-state index is 12.4. The average molecular weight is 358 g/mol. The first-order valence-electron chi connectivity index (χ1n) is 8.20. The number of nitrogens with one attached hydrogen (secondary N) is 2. The van der Waals surface area contributed by atoms with Gasteiger partial charge >= 0.3 is 0 Å². The topological polar surface area (TPSA) is 44.4 Å². The smallest absolute Gasteiger partial charge is 0.238 e. The molecular formula is C17H25Cl2N3O. The summed E-state index contributed by atoms with van der Waals surface area (Å²) in [6.07, 6.45) is 6.24. The zero-order chi connectivity index (χ0) is 15.4. The van der Waals surface area contributed by atoms with Crippen molar-refractivity contribution in [2.45, 2.75) is 37.6 Å². The van der Waals surface area contributed by atoms with Gasteiger partial charge in [-0.25, -0.2) is 0 Å². The lowest BCUT2D eigenvalue weighted by Crippen LogP contribution is -2.63. The van der Waals surface area contributed by atoms with E-state index in [0.717, 1.165) is 19.6 Å². The summed E-state index contributed by atoms with van der Waals surface area (Å²) in [6.45, 7) is 3.36. The van der Waals surface area contributed by atoms with Crippen molar-refractivity contribution in [3.63, 3.8) is 0 Å². The van der Waals surface area contributed by atoms with Crippen LogP contribution in [-0.4, -0.2) is 42.5 Å². The number of carbonyl (C=O) groups excluding carboxylic acids is 1. The Morgan fingerprint density at radius 1 is 1.26 bits per heavy atom. The molecule has 1 saturated carbocycles. The van der Waals surface area contributed by atoms with Crippen molar-refractivity contribution in [2.24, 2.45) is 0 Å². The predicted octanol–water partition coefficient (Wildman–Crippen LogP) is 3.31. The quantitative estimate of drug-likeness (QED) is 0.871. The lowest BCUT2D eigenvalue weighted by molar-refractivity contribution is -0.120. The molecule has 2 aliphatic rings. The van der Waals surface area contributed by atoms with E-state index >= 15 is 0 Å². The second-order valence-corrected chi connectivity index (χ2v) is 6.82. The summed E-state index contributed by atoms with van der Waals surface area (Å²) in [5, 5.41) is 7.05. The summed E-state index contributed by atoms with van der Waals surface area (Å²) in [6, 6.07) is 7.39. The van der Waals surface area contributed by atoms with Crippen molar-refractivity contribution in [1.29, 1.82) is 0 Å². The molecule has 1 aromatic rings. The van der Waals surface area contributed by atoms with Crippen molar-refractivity contribution in [3.05, 3.63) is 29.3 Å². The van der Waals surface area contributed by atoms with E-state index in [0.29, 0.717) is 17.3 Å². The van der Waals surface area contributed by atoms with Crippen LogP contribution in [0.2, 0.25) is 5.02 Å². The van der Waals surface area contributed by atoms with Crippen molar-refractivity contribution >= 4 is 35.6 Å². The SMILES string of the molecule is Cl.O=C(CN1CCNCC12CCCCC2)Nc1ccccc1Cl. The van der Waals surface area contributed by atoms with Crippen LogP contribution < -0.4 is 10.6 Å². The second kappa shape index (κ2) is 8.34. The second-order valence-electron chi connectivity index (χ2n) is 6.41. The lowest BCUT2D eigenvalue weighted by Gasteiger charge is -2.49. The average Bonchev–Trinajstić information content (AvgIpc) is 2.53. The molecule has 0 atom stereocenters. The zero-order valence-corrected chi connectivity index (χ0v) is 14.9. The van der Waals surface area contributed by atoms with Crippen LogP contribution in [0.15, 0.2) is 24.3 Å². The van der Waals surface area contributed by atoms with Crippen LogP contribution in [0, 0.1) is 0 Å². The molecule has 128 valence electrons. The minimum atomic E-state index is 0. The van der Waals surface area contributed by atoms with Crippen LogP contribution in [0.3, 0.4) is 0 Å². The number of amides is 1. The van der Waals surface area contributed by atoms with Gasteiger partial charge < -0.3 is 10.6 Å². The van der Waals surface area contributed by atoms with Gasteiger partial charge in [0.05, 0.1) is 17.3 Å². The number of rotatable bonds is 3. The van der Waals surface area contributed by atoms with E-state index in [-0.39, 0.29) is 23.9 Å². The van der Waals surface area contributed by atoms with Gasteiger partial charge in [0.1, 0.15) is 0 Å². The van der Waals surface area contributed by atoms with Gasteiger partial charge in [-0.1, -0.05) is 43.0 Å². The molecule has 1 saturated heterocycles. The van der Waals surface area contributed by atoms with Crippen molar-refractivity contribution in [2.75, 3.05) is 31.5 Å². The molecule has 1 aliphatic heterocycles. The molecule has 1 amide bonds. The molecule has 1 aromatic carbocycles. The predicted molar refractivity (Wildman–Crippen MR) is 97.6 cm³/mol. The largest absolute Gasteiger partial charge is 0.324 e. The van der Waals surface area contributed by atoms with Crippen LogP contribution in [0.5, 0.6) is 0 Å². The summed E-state index contributed by atoms with van der Waals surface area (Å²) >= 11 is 6.11. The first-order chi connectivity index (χ1) is 10.7. The Balaban J connectivity index is 0.00000192. The van der Waals surface area contributed by atoms with Gasteiger partial charge in [-0.3, -0.25) is 9.69 Å². The molecule has 3 rings (SSSR count). The van der Waals surface area contributed by atoms with Gasteiger partial charge in [0.2, 0.25) is 5.91 Å². The highest BCUT2D eigenvalue weighted by molar-refractivity contribution is 6.33. The highest BCUT2D eigenvalue weighted by Gasteiger charge is 2.40. The first kappa shape index (κ1) is 18.5. The summed E-state index contributed by atoms with van der Waals surface area (Å²) in [4.78, 5) is 14.8. The highest BCUT2D eigenvalue weighted by atomic mass is 35.5. The van der Waals surface area contributed by atoms with Crippen LogP contribution in [0.1, 0.15) is 32.1 Å². The van der Waals surface area contributed by atoms with Crippen LogP contribution >= 0.6 is 24.0 Å². The summed E-state index contributed by atoms with van der Waals surface area (Å²) in [7, 11) is 0. The van der Waals surface area contributed by atoms with Gasteiger partial charge in [0.25, 0.3) is 0 Å². The molecule has 0 aromatic heterocycles. The van der Waals surface area contributed by atoms with Gasteiger partial charge in [-0.05, 0) is 25.0 Å². The minimum absolute atomic E-state index is 0. The Kier molecular flexibility index (Phi) is 6.72. The Hall–Kier alpha value is -0.810. The molecule has 1 spiro atoms. The molecule has 4 nitrogen and oxygen atoms in total. The lowest BCUT2D eigenvalue weighted by atomic mass is 9.79. The molecular weight excluding hydrogens is 333 g/mol. The van der Waals surface area contributed by atoms with E-state index in [9.17, 15) is 4.79 Å². The monoisotopic (exact) mass is 357 g/mol. The fourth-order valence-electron chi connectivity index (χ4n) is 3.76. The number of hydrogen-bond acceptors (Lipinski definition) is 3. The van der Waals surface area contributed by atoms with E-state index in [4.69, 9.17) is 11.6 Å². The third-order valence-electron chi connectivity index (χ3n) is 4.95. The number of halogens is 2. The molecule has 0 radical (unpaired) electrons. The third kappa shape index (κ3) is 4.38. The van der Waals surface area contributed by atoms with Crippen molar-refractivity contribution in [3.8, 4) is 0 Å². The fourth-order valence-corrected chi connectivity index (χ4v) is 3.94. The van der Waals surface area contributed by atoms with E-state index in [1.165, 1.54) is 32.1 Å². The zero-order valence-electron chi connectivity index (χ0n) is 13.3. The van der Waals surface area contributed by atoms with E-state index < -0.39 is 0 Å². The van der Waals surface area contributed by atoms with Crippen LogP contribution in [0.25, 0.3) is 0 Å². The fraction of sp³-hybridized carbons (Fsp3) is 0.588. The molecule has 1 aliphatic carbocycles. The molecule has 6 heteroatoms. The summed E-state index contributed by atoms with van der Waals surface area (Å²) in [5.74, 6) is 0.0277. The maximum atomic E-state index is 12.4. The Morgan fingerprint density at radius 3 is 2.74 bits per heavy atom. The van der Waals surface area contributed by atoms with Crippen molar-refractivity contribution in [1.82, 2.24) is 10.2 Å². The van der Waals surface area contributed by atoms with Crippen molar-refractivity contribution < 1.29 is 4.79 Å². The van der Waals surface area contributed by atoms with E-state index in [1.807, 2.05) is 18.2 Å². The maximum Gasteiger partial charge on any atom is 0.238 e. The van der Waals surface area contributed by atoms with E-state index in [1.54, 1.807) is 6.07 Å². The molecule has 0 bridgehead atoms. The normalized spacial score (nSPS) is 20.7. The number of benzene rings is 1. The summed E-state index contributed by atoms with van der Waals surface area (Å²) in [5.41, 5.74) is 0.871. The van der Waals surface area contributed by atoms with Crippen LogP contribution in [0.4, 0.5) is 5.69 Å². The number of carbonyl (C=O) groups is 1. The molecule has 0 unspecified atom stereocenters. The Labute approximate surface area is 149 Å². The molecule has 23 heavy (non-hydrogen) atoms. The third-order valence-corrected chi connectivity index (χ3v) is 5.28. The minimum Gasteiger partial charge on any atom is -0.324 e. The Bertz CT molecular complexity index is 524. The number of para-hydroxylation sites is 1. The first-order valence-corrected chi connectivity index (χ1v) is 8.58. The van der Waals surface area contributed by atoms with Gasteiger partial charge in [0.15, 0.2) is 0 Å². The number of piperazine rings is 1. The molecule has 2 fully saturated rings. The highest BCUT2D eigenvalue weighted by Crippen LogP contribution is 2.34.